The molecule has 7 nitrogen and oxygen atoms in total. The second kappa shape index (κ2) is 6.39. The number of hydrogen-bond acceptors (Lipinski definition) is 4. The third-order valence-electron chi connectivity index (χ3n) is 3.56. The van der Waals surface area contributed by atoms with Gasteiger partial charge in [0.1, 0.15) is 0 Å². The van der Waals surface area contributed by atoms with Crippen molar-refractivity contribution in [2.24, 2.45) is 0 Å². The van der Waals surface area contributed by atoms with E-state index in [0.29, 0.717) is 13.0 Å². The van der Waals surface area contributed by atoms with Gasteiger partial charge < -0.3 is 9.67 Å². The normalized spacial score (nSPS) is 11.2. The molecule has 0 aliphatic heterocycles. The lowest BCUT2D eigenvalue weighted by atomic mass is 10.2. The van der Waals surface area contributed by atoms with Crippen molar-refractivity contribution in [1.29, 1.82) is 0 Å². The minimum Gasteiger partial charge on any atom is -0.396 e. The van der Waals surface area contributed by atoms with Gasteiger partial charge >= 0.3 is 5.69 Å². The van der Waals surface area contributed by atoms with E-state index in [0.717, 1.165) is 10.1 Å². The summed E-state index contributed by atoms with van der Waals surface area (Å²) in [7, 11) is 0. The van der Waals surface area contributed by atoms with Crippen LogP contribution in [0.3, 0.4) is 0 Å². The highest BCUT2D eigenvalue weighted by molar-refractivity contribution is 6.29. The van der Waals surface area contributed by atoms with Crippen LogP contribution in [0.4, 0.5) is 0 Å². The van der Waals surface area contributed by atoms with Crippen molar-refractivity contribution in [2.75, 3.05) is 6.61 Å². The standard InChI is InChI=1S/C15H15ClN4O3/c16-14-17-12-11(20(14)9-10-5-2-1-3-6-10)13(22)19(7-4-8-21)15(23)18-12/h1-3,5-6,21H,4,7-9H2,(H,18,23). The summed E-state index contributed by atoms with van der Waals surface area (Å²) in [4.78, 5) is 31.2. The van der Waals surface area contributed by atoms with Crippen LogP contribution in [0, 0.1) is 0 Å². The van der Waals surface area contributed by atoms with Crippen molar-refractivity contribution < 1.29 is 5.11 Å². The van der Waals surface area contributed by atoms with Gasteiger partial charge in [0.2, 0.25) is 5.28 Å². The van der Waals surface area contributed by atoms with Crippen LogP contribution in [-0.2, 0) is 13.1 Å². The molecule has 0 spiro atoms. The van der Waals surface area contributed by atoms with Crippen molar-refractivity contribution in [2.45, 2.75) is 19.5 Å². The van der Waals surface area contributed by atoms with E-state index in [-0.39, 0.29) is 29.6 Å². The highest BCUT2D eigenvalue weighted by Crippen LogP contribution is 2.16. The topological polar surface area (TPSA) is 92.9 Å². The second-order valence-corrected chi connectivity index (χ2v) is 5.45. The largest absolute Gasteiger partial charge is 0.396 e. The van der Waals surface area contributed by atoms with E-state index in [1.807, 2.05) is 30.3 Å². The first-order valence-electron chi connectivity index (χ1n) is 7.15. The third-order valence-corrected chi connectivity index (χ3v) is 3.85. The molecule has 0 aliphatic carbocycles. The van der Waals surface area contributed by atoms with Gasteiger partial charge in [-0.1, -0.05) is 30.3 Å². The zero-order valence-corrected chi connectivity index (χ0v) is 13.0. The first-order valence-corrected chi connectivity index (χ1v) is 7.53. The van der Waals surface area contributed by atoms with Crippen LogP contribution in [0.5, 0.6) is 0 Å². The van der Waals surface area contributed by atoms with Gasteiger partial charge in [0, 0.05) is 13.2 Å². The van der Waals surface area contributed by atoms with E-state index in [1.54, 1.807) is 4.57 Å². The first kappa shape index (κ1) is 15.5. The summed E-state index contributed by atoms with van der Waals surface area (Å²) in [6, 6.07) is 9.51. The van der Waals surface area contributed by atoms with Crippen LogP contribution >= 0.6 is 11.6 Å². The summed E-state index contributed by atoms with van der Waals surface area (Å²) in [6.45, 7) is 0.403. The molecule has 0 saturated heterocycles. The van der Waals surface area contributed by atoms with E-state index in [2.05, 4.69) is 9.97 Å². The molecule has 0 saturated carbocycles. The Balaban J connectivity index is 2.16. The number of imidazole rings is 1. The average molecular weight is 335 g/mol. The third kappa shape index (κ3) is 2.93. The van der Waals surface area contributed by atoms with Gasteiger partial charge in [-0.05, 0) is 23.6 Å². The van der Waals surface area contributed by atoms with Crippen LogP contribution in [0.2, 0.25) is 5.28 Å². The van der Waals surface area contributed by atoms with Gasteiger partial charge in [-0.2, -0.15) is 4.98 Å². The van der Waals surface area contributed by atoms with E-state index >= 15 is 0 Å². The number of nitrogens with one attached hydrogen (secondary N) is 1. The zero-order chi connectivity index (χ0) is 16.4. The molecule has 8 heteroatoms. The Bertz CT molecular complexity index is 943. The molecule has 3 rings (SSSR count). The predicted molar refractivity (Wildman–Crippen MR) is 86.9 cm³/mol. The summed E-state index contributed by atoms with van der Waals surface area (Å²) in [6.07, 6.45) is 0.315. The minimum atomic E-state index is -0.558. The average Bonchev–Trinajstić information content (AvgIpc) is 2.84. The monoisotopic (exact) mass is 334 g/mol. The van der Waals surface area contributed by atoms with Gasteiger partial charge in [-0.3, -0.25) is 14.3 Å². The Morgan fingerprint density at radius 3 is 2.61 bits per heavy atom. The van der Waals surface area contributed by atoms with Crippen molar-refractivity contribution in [3.05, 3.63) is 62.0 Å². The summed E-state index contributed by atoms with van der Waals surface area (Å²) < 4.78 is 2.62. The molecule has 0 bridgehead atoms. The minimum absolute atomic E-state index is 0.103. The summed E-state index contributed by atoms with van der Waals surface area (Å²) in [5.41, 5.74) is 0.350. The highest BCUT2D eigenvalue weighted by Gasteiger charge is 2.16. The number of benzene rings is 1. The van der Waals surface area contributed by atoms with Crippen LogP contribution < -0.4 is 11.2 Å². The number of aromatic nitrogens is 4. The summed E-state index contributed by atoms with van der Waals surface area (Å²) in [5.74, 6) is 0. The number of rotatable bonds is 5. The quantitative estimate of drug-likeness (QED) is 0.680. The van der Waals surface area contributed by atoms with Crippen LogP contribution in [0.1, 0.15) is 12.0 Å². The Morgan fingerprint density at radius 2 is 1.91 bits per heavy atom. The molecule has 0 atom stereocenters. The number of hydrogen-bond donors (Lipinski definition) is 2. The Labute approximate surface area is 135 Å². The van der Waals surface area contributed by atoms with E-state index in [9.17, 15) is 9.59 Å². The maximum absolute atomic E-state index is 12.6. The Hall–Kier alpha value is -2.38. The van der Waals surface area contributed by atoms with Crippen molar-refractivity contribution in [1.82, 2.24) is 19.1 Å². The van der Waals surface area contributed by atoms with E-state index < -0.39 is 11.2 Å². The van der Waals surface area contributed by atoms with Gasteiger partial charge in [0.25, 0.3) is 5.56 Å². The number of halogens is 1. The Morgan fingerprint density at radius 1 is 1.17 bits per heavy atom. The lowest BCUT2D eigenvalue weighted by Crippen LogP contribution is -2.36. The van der Waals surface area contributed by atoms with Crippen LogP contribution in [-0.4, -0.2) is 30.8 Å². The number of nitrogens with zero attached hydrogens (tertiary/aromatic N) is 3. The molecule has 2 N–H and O–H groups in total. The number of aliphatic hydroxyl groups is 1. The second-order valence-electron chi connectivity index (χ2n) is 5.11. The lowest BCUT2D eigenvalue weighted by molar-refractivity contribution is 0.278. The maximum Gasteiger partial charge on any atom is 0.330 e. The molecular formula is C15H15ClN4O3. The molecule has 23 heavy (non-hydrogen) atoms. The molecule has 2 aromatic heterocycles. The number of aromatic amines is 1. The molecule has 1 aromatic carbocycles. The number of aliphatic hydroxyl groups excluding tert-OH is 1. The molecule has 0 amide bonds. The van der Waals surface area contributed by atoms with Gasteiger partial charge in [-0.25, -0.2) is 4.79 Å². The smallest absolute Gasteiger partial charge is 0.330 e. The fraction of sp³-hybridized carbons (Fsp3) is 0.267. The summed E-state index contributed by atoms with van der Waals surface area (Å²) in [5, 5.41) is 9.05. The van der Waals surface area contributed by atoms with E-state index in [1.165, 1.54) is 0 Å². The molecule has 3 aromatic rings. The molecule has 0 radical (unpaired) electrons. The lowest BCUT2D eigenvalue weighted by Gasteiger charge is -2.07. The van der Waals surface area contributed by atoms with Gasteiger partial charge in [0.05, 0.1) is 6.54 Å². The molecule has 0 unspecified atom stereocenters. The highest BCUT2D eigenvalue weighted by atomic mass is 35.5. The molecule has 2 heterocycles. The maximum atomic E-state index is 12.6. The summed E-state index contributed by atoms with van der Waals surface area (Å²) >= 11 is 6.14. The number of fused-ring (bicyclic) bond motifs is 1. The van der Waals surface area contributed by atoms with Crippen molar-refractivity contribution in [3.63, 3.8) is 0 Å². The predicted octanol–water partition coefficient (Wildman–Crippen LogP) is 0.970. The van der Waals surface area contributed by atoms with Crippen molar-refractivity contribution >= 4 is 22.8 Å². The van der Waals surface area contributed by atoms with Gasteiger partial charge in [0.15, 0.2) is 11.2 Å². The molecule has 120 valence electrons. The molecule has 0 aliphatic rings. The molecule has 0 fully saturated rings. The fourth-order valence-electron chi connectivity index (χ4n) is 2.46. The molecular weight excluding hydrogens is 320 g/mol. The van der Waals surface area contributed by atoms with Crippen LogP contribution in [0.25, 0.3) is 11.2 Å². The fourth-order valence-corrected chi connectivity index (χ4v) is 2.69. The van der Waals surface area contributed by atoms with Crippen LogP contribution in [0.15, 0.2) is 39.9 Å². The first-order chi connectivity index (χ1) is 11.1. The van der Waals surface area contributed by atoms with Gasteiger partial charge in [-0.15, -0.1) is 0 Å². The number of H-pyrrole nitrogens is 1. The Kier molecular flexibility index (Phi) is 4.31. The SMILES string of the molecule is O=c1[nH]c2nc(Cl)n(Cc3ccccc3)c2c(=O)n1CCCO. The zero-order valence-electron chi connectivity index (χ0n) is 12.2. The van der Waals surface area contributed by atoms with Crippen molar-refractivity contribution in [3.8, 4) is 0 Å². The van der Waals surface area contributed by atoms with E-state index in [4.69, 9.17) is 16.7 Å².